The predicted molar refractivity (Wildman–Crippen MR) is 148 cm³/mol. The lowest BCUT2D eigenvalue weighted by Crippen LogP contribution is -2.17. The minimum absolute atomic E-state index is 0.331. The monoisotopic (exact) mass is 568 g/mol. The Morgan fingerprint density at radius 1 is 1.22 bits per heavy atom. The highest BCUT2D eigenvalue weighted by molar-refractivity contribution is 7.38. The van der Waals surface area contributed by atoms with Crippen LogP contribution >= 0.6 is 45.8 Å². The number of carboxylic acid groups (broad SMARTS) is 1. The summed E-state index contributed by atoms with van der Waals surface area (Å²) >= 11 is 10.6. The summed E-state index contributed by atoms with van der Waals surface area (Å²) in [7, 11) is 0. The minimum atomic E-state index is -0.738. The van der Waals surface area contributed by atoms with Crippen LogP contribution in [0, 0.1) is 11.8 Å². The number of amides is 1. The van der Waals surface area contributed by atoms with Crippen LogP contribution in [-0.4, -0.2) is 21.5 Å². The van der Waals surface area contributed by atoms with Gasteiger partial charge in [-0.1, -0.05) is 29.8 Å². The van der Waals surface area contributed by atoms with E-state index < -0.39 is 23.6 Å². The molecule has 37 heavy (non-hydrogen) atoms. The van der Waals surface area contributed by atoms with Crippen molar-refractivity contribution in [2.75, 3.05) is 5.32 Å². The first-order chi connectivity index (χ1) is 17.8. The van der Waals surface area contributed by atoms with Gasteiger partial charge in [-0.2, -0.15) is 4.37 Å². The number of carboxylic acids is 1. The Morgan fingerprint density at radius 2 is 2.00 bits per heavy atom. The third kappa shape index (κ3) is 4.75. The van der Waals surface area contributed by atoms with E-state index in [0.29, 0.717) is 34.3 Å². The van der Waals surface area contributed by atoms with E-state index >= 15 is 0 Å². The fourth-order valence-corrected chi connectivity index (χ4v) is 7.85. The van der Waals surface area contributed by atoms with Crippen molar-refractivity contribution >= 4 is 73.0 Å². The first-order valence-corrected chi connectivity index (χ1v) is 14.6. The van der Waals surface area contributed by atoms with Gasteiger partial charge in [0.15, 0.2) is 0 Å². The Balaban J connectivity index is 1.21. The number of thiophene rings is 2. The molecule has 6 rings (SSSR count). The smallest absolute Gasteiger partial charge is 0.412 e. The van der Waals surface area contributed by atoms with Crippen LogP contribution in [-0.2, 0) is 14.9 Å². The molecule has 3 heterocycles. The van der Waals surface area contributed by atoms with Gasteiger partial charge in [0.2, 0.25) is 0 Å². The molecule has 0 aliphatic heterocycles. The van der Waals surface area contributed by atoms with Crippen LogP contribution in [0.2, 0.25) is 5.02 Å². The normalized spacial score (nSPS) is 16.6. The van der Waals surface area contributed by atoms with Crippen molar-refractivity contribution in [1.29, 1.82) is 0 Å². The number of aliphatic carboxylic acids is 1. The Morgan fingerprint density at radius 3 is 2.68 bits per heavy atom. The van der Waals surface area contributed by atoms with Gasteiger partial charge in [-0.25, -0.2) is 4.79 Å². The van der Waals surface area contributed by atoms with Gasteiger partial charge in [0, 0.05) is 26.8 Å². The molecule has 2 fully saturated rings. The molecule has 10 heteroatoms. The fourth-order valence-electron chi connectivity index (χ4n) is 4.25. The molecule has 1 amide bonds. The maximum absolute atomic E-state index is 12.8. The summed E-state index contributed by atoms with van der Waals surface area (Å²) < 4.78 is 11.3. The summed E-state index contributed by atoms with van der Waals surface area (Å²) in [5.74, 6) is 6.00. The molecule has 188 valence electrons. The summed E-state index contributed by atoms with van der Waals surface area (Å²) in [4.78, 5) is 26.9. The molecule has 0 spiro atoms. The van der Waals surface area contributed by atoms with Gasteiger partial charge in [0.25, 0.3) is 0 Å². The number of ether oxygens (including phenoxy) is 1. The van der Waals surface area contributed by atoms with Crippen LogP contribution in [0.15, 0.2) is 36.4 Å². The van der Waals surface area contributed by atoms with Crippen molar-refractivity contribution in [3.8, 4) is 11.8 Å². The number of nitrogens with zero attached hydrogens (tertiary/aromatic N) is 1. The number of carbonyl (C=O) groups excluding carboxylic acids is 1. The molecule has 0 bridgehead atoms. The Kier molecular flexibility index (Phi) is 6.24. The molecule has 2 aliphatic carbocycles. The van der Waals surface area contributed by atoms with E-state index in [4.69, 9.17) is 16.3 Å². The fraction of sp³-hybridized carbons (Fsp3) is 0.296. The largest absolute Gasteiger partial charge is 0.481 e. The zero-order valence-electron chi connectivity index (χ0n) is 19.7. The van der Waals surface area contributed by atoms with Crippen molar-refractivity contribution in [2.24, 2.45) is 0 Å². The first kappa shape index (κ1) is 24.4. The molecule has 6 nitrogen and oxygen atoms in total. The maximum atomic E-state index is 12.8. The number of nitrogens with one attached hydrogen (secondary N) is 1. The topological polar surface area (TPSA) is 88.5 Å². The number of hydrogen-bond donors (Lipinski definition) is 2. The van der Waals surface area contributed by atoms with Crippen LogP contribution in [0.25, 0.3) is 9.40 Å². The van der Waals surface area contributed by atoms with Gasteiger partial charge in [-0.05, 0) is 74.2 Å². The van der Waals surface area contributed by atoms with Crippen molar-refractivity contribution in [1.82, 2.24) is 4.37 Å². The molecule has 1 atom stereocenters. The third-order valence-electron chi connectivity index (χ3n) is 6.68. The molecule has 4 aromatic rings. The molecule has 2 N–H and O–H groups in total. The summed E-state index contributed by atoms with van der Waals surface area (Å²) in [6.07, 6.45) is 2.39. The highest BCUT2D eigenvalue weighted by Crippen LogP contribution is 2.53. The number of benzene rings is 1. The standard InChI is InChI=1S/C27H21ClN2O4S3/c1-14(18-4-2-3-5-19(18)28)34-26(33)29-23-20(37-30-22(23)15-6-7-15)9-8-17-12-16-13-21(36-24(16)35-17)27(10-11-27)25(31)32/h2-5,12-15H,6-7,10-11H2,1H3,(H,29,33)(H,31,32). The third-order valence-corrected chi connectivity index (χ3v) is 10.3. The van der Waals surface area contributed by atoms with E-state index in [2.05, 4.69) is 21.5 Å². The second-order valence-electron chi connectivity index (χ2n) is 9.34. The lowest BCUT2D eigenvalue weighted by Gasteiger charge is -2.15. The van der Waals surface area contributed by atoms with Gasteiger partial charge in [0.05, 0.1) is 20.3 Å². The van der Waals surface area contributed by atoms with E-state index in [0.717, 1.165) is 43.3 Å². The SMILES string of the molecule is CC(OC(=O)Nc1c(C2CC2)nsc1C#Cc1cc2cc(C3(C(=O)O)CC3)sc2s1)c1ccccc1Cl. The van der Waals surface area contributed by atoms with E-state index in [-0.39, 0.29) is 0 Å². The number of carbonyl (C=O) groups is 2. The molecule has 1 unspecified atom stereocenters. The summed E-state index contributed by atoms with van der Waals surface area (Å²) in [5.41, 5.74) is 1.53. The number of rotatable bonds is 6. The van der Waals surface area contributed by atoms with E-state index in [1.165, 1.54) is 11.5 Å². The van der Waals surface area contributed by atoms with Gasteiger partial charge in [0.1, 0.15) is 16.4 Å². The van der Waals surface area contributed by atoms with Crippen molar-refractivity contribution in [2.45, 2.75) is 50.0 Å². The number of anilines is 1. The summed E-state index contributed by atoms with van der Waals surface area (Å²) in [6, 6.07) is 11.3. The molecule has 0 saturated heterocycles. The van der Waals surface area contributed by atoms with Gasteiger partial charge in [-0.15, -0.1) is 22.7 Å². The average Bonchev–Trinajstić information content (AvgIpc) is 3.75. The minimum Gasteiger partial charge on any atom is -0.481 e. The van der Waals surface area contributed by atoms with E-state index in [1.807, 2.05) is 30.3 Å². The van der Waals surface area contributed by atoms with Crippen molar-refractivity contribution in [3.05, 3.63) is 67.3 Å². The van der Waals surface area contributed by atoms with Gasteiger partial charge in [-0.3, -0.25) is 10.1 Å². The van der Waals surface area contributed by atoms with Crippen molar-refractivity contribution < 1.29 is 19.4 Å². The Bertz CT molecular complexity index is 1570. The Labute approximate surface area is 230 Å². The highest BCUT2D eigenvalue weighted by atomic mass is 35.5. The zero-order valence-corrected chi connectivity index (χ0v) is 22.9. The van der Waals surface area contributed by atoms with Crippen LogP contribution in [0.3, 0.4) is 0 Å². The molecular formula is C27H21ClN2O4S3. The number of fused-ring (bicyclic) bond motifs is 1. The first-order valence-electron chi connectivity index (χ1n) is 11.8. The molecule has 1 aromatic carbocycles. The van der Waals surface area contributed by atoms with E-state index in [9.17, 15) is 14.7 Å². The number of aromatic nitrogens is 1. The predicted octanol–water partition coefficient (Wildman–Crippen LogP) is 7.78. The van der Waals surface area contributed by atoms with Gasteiger partial charge < -0.3 is 9.84 Å². The van der Waals surface area contributed by atoms with Crippen LogP contribution < -0.4 is 5.32 Å². The lowest BCUT2D eigenvalue weighted by molar-refractivity contribution is -0.139. The summed E-state index contributed by atoms with van der Waals surface area (Å²) in [6.45, 7) is 1.78. The lowest BCUT2D eigenvalue weighted by atomic mass is 10.1. The molecule has 2 aliphatic rings. The number of halogens is 1. The zero-order chi connectivity index (χ0) is 25.7. The van der Waals surface area contributed by atoms with Crippen molar-refractivity contribution in [3.63, 3.8) is 0 Å². The summed E-state index contributed by atoms with van der Waals surface area (Å²) in [5, 5.41) is 14.0. The quantitative estimate of drug-likeness (QED) is 0.232. The van der Waals surface area contributed by atoms with E-state index in [1.54, 1.807) is 35.7 Å². The number of hydrogen-bond acceptors (Lipinski definition) is 7. The maximum Gasteiger partial charge on any atom is 0.412 e. The second-order valence-corrected chi connectivity index (χ2v) is 12.9. The van der Waals surface area contributed by atoms with Crippen LogP contribution in [0.5, 0.6) is 0 Å². The van der Waals surface area contributed by atoms with Crippen LogP contribution in [0.1, 0.15) is 70.5 Å². The second kappa shape index (κ2) is 9.44. The molecule has 3 aromatic heterocycles. The average molecular weight is 569 g/mol. The molecule has 2 saturated carbocycles. The molecular weight excluding hydrogens is 548 g/mol. The van der Waals surface area contributed by atoms with Gasteiger partial charge >= 0.3 is 12.1 Å². The van der Waals surface area contributed by atoms with Crippen LogP contribution in [0.4, 0.5) is 10.5 Å². The molecule has 0 radical (unpaired) electrons. The highest BCUT2D eigenvalue weighted by Gasteiger charge is 2.53. The Hall–Kier alpha value is -2.90.